The van der Waals surface area contributed by atoms with Crippen LogP contribution in [0.4, 0.5) is 0 Å². The molecule has 1 aromatic heterocycles. The second-order valence-electron chi connectivity index (χ2n) is 5.72. The van der Waals surface area contributed by atoms with Gasteiger partial charge in [-0.1, -0.05) is 19.9 Å². The van der Waals surface area contributed by atoms with E-state index in [2.05, 4.69) is 46.8 Å². The van der Waals surface area contributed by atoms with Gasteiger partial charge in [0.2, 0.25) is 0 Å². The molecule has 0 fully saturated rings. The fourth-order valence-electron chi connectivity index (χ4n) is 2.34. The first-order chi connectivity index (χ1) is 10.7. The lowest BCUT2D eigenvalue weighted by Crippen LogP contribution is -2.40. The molecule has 2 N–H and O–H groups in total. The second-order valence-corrected chi connectivity index (χ2v) is 6.70. The molecule has 4 nitrogen and oxygen atoms in total. The third kappa shape index (κ3) is 9.39. The van der Waals surface area contributed by atoms with Gasteiger partial charge in [0.15, 0.2) is 5.96 Å². The lowest BCUT2D eigenvalue weighted by Gasteiger charge is -2.23. The number of unbranched alkanes of at least 4 members (excludes halogenated alkanes) is 1. The Morgan fingerprint density at radius 2 is 2.09 bits per heavy atom. The van der Waals surface area contributed by atoms with Crippen LogP contribution >= 0.6 is 35.7 Å². The van der Waals surface area contributed by atoms with E-state index in [9.17, 15) is 0 Å². The zero-order chi connectivity index (χ0) is 16.2. The number of hydrogen-bond donors (Lipinski definition) is 2. The fourth-order valence-corrected chi connectivity index (χ4v) is 2.83. The van der Waals surface area contributed by atoms with Crippen molar-refractivity contribution in [1.82, 2.24) is 15.6 Å². The van der Waals surface area contributed by atoms with Crippen molar-refractivity contribution >= 4 is 41.7 Å². The van der Waals surface area contributed by atoms with Crippen LogP contribution in [0, 0.1) is 5.92 Å². The number of thioether (sulfide) groups is 1. The van der Waals surface area contributed by atoms with Crippen LogP contribution in [-0.2, 0) is 0 Å². The van der Waals surface area contributed by atoms with Crippen LogP contribution < -0.4 is 10.6 Å². The maximum absolute atomic E-state index is 4.30. The van der Waals surface area contributed by atoms with Crippen LogP contribution in [0.25, 0.3) is 0 Å². The summed E-state index contributed by atoms with van der Waals surface area (Å²) in [5.41, 5.74) is 1.28. The number of pyridine rings is 1. The molecule has 0 spiro atoms. The topological polar surface area (TPSA) is 49.3 Å². The summed E-state index contributed by atoms with van der Waals surface area (Å²) in [4.78, 5) is 8.54. The molecule has 0 aliphatic carbocycles. The molecule has 1 aromatic rings. The number of guanidine groups is 1. The van der Waals surface area contributed by atoms with Gasteiger partial charge < -0.3 is 10.6 Å². The molecule has 23 heavy (non-hydrogen) atoms. The third-order valence-electron chi connectivity index (χ3n) is 3.70. The Kier molecular flexibility index (Phi) is 13.6. The lowest BCUT2D eigenvalue weighted by molar-refractivity contribution is 0.486. The van der Waals surface area contributed by atoms with Crippen molar-refractivity contribution in [2.24, 2.45) is 10.9 Å². The molecule has 0 saturated heterocycles. The maximum atomic E-state index is 4.30. The van der Waals surface area contributed by atoms with Crippen molar-refractivity contribution < 1.29 is 0 Å². The molecule has 0 aliphatic heterocycles. The summed E-state index contributed by atoms with van der Waals surface area (Å²) in [6.45, 7) is 6.34. The molecule has 0 radical (unpaired) electrons. The smallest absolute Gasteiger partial charge is 0.190 e. The highest BCUT2D eigenvalue weighted by Gasteiger charge is 2.16. The second kappa shape index (κ2) is 13.9. The van der Waals surface area contributed by atoms with Crippen molar-refractivity contribution in [3.05, 3.63) is 30.1 Å². The van der Waals surface area contributed by atoms with Crippen molar-refractivity contribution in [3.8, 4) is 0 Å². The van der Waals surface area contributed by atoms with Crippen LogP contribution in [-0.4, -0.2) is 43.1 Å². The first kappa shape index (κ1) is 22.5. The van der Waals surface area contributed by atoms with E-state index >= 15 is 0 Å². The maximum Gasteiger partial charge on any atom is 0.190 e. The van der Waals surface area contributed by atoms with Gasteiger partial charge in [0.05, 0.1) is 0 Å². The summed E-state index contributed by atoms with van der Waals surface area (Å²) in [6, 6.07) is 4.15. The molecule has 0 aromatic carbocycles. The minimum absolute atomic E-state index is 0. The summed E-state index contributed by atoms with van der Waals surface area (Å²) in [5.74, 6) is 3.10. The van der Waals surface area contributed by atoms with E-state index in [1.54, 1.807) is 0 Å². The average Bonchev–Trinajstić information content (AvgIpc) is 2.53. The van der Waals surface area contributed by atoms with Gasteiger partial charge in [0.25, 0.3) is 0 Å². The van der Waals surface area contributed by atoms with Gasteiger partial charge in [-0.2, -0.15) is 11.8 Å². The molecule has 132 valence electrons. The molecular formula is C17H31IN4S. The standard InChI is InChI=1S/C17H30N4S.HI/c1-14(2)16(15-8-7-9-19-12-15)13-21-17(18-3)20-10-5-6-11-22-4;/h7-9,12,14,16H,5-6,10-11,13H2,1-4H3,(H2,18,20,21);1H. The minimum Gasteiger partial charge on any atom is -0.356 e. The molecule has 0 aliphatic rings. The van der Waals surface area contributed by atoms with Crippen LogP contribution in [0.15, 0.2) is 29.5 Å². The van der Waals surface area contributed by atoms with Gasteiger partial charge >= 0.3 is 0 Å². The summed E-state index contributed by atoms with van der Waals surface area (Å²) in [6.07, 6.45) is 8.36. The monoisotopic (exact) mass is 450 g/mol. The van der Waals surface area contributed by atoms with Crippen LogP contribution in [0.1, 0.15) is 38.2 Å². The van der Waals surface area contributed by atoms with E-state index in [-0.39, 0.29) is 24.0 Å². The van der Waals surface area contributed by atoms with Gasteiger partial charge in [-0.15, -0.1) is 24.0 Å². The van der Waals surface area contributed by atoms with Crippen molar-refractivity contribution in [2.75, 3.05) is 32.1 Å². The van der Waals surface area contributed by atoms with Crippen molar-refractivity contribution in [2.45, 2.75) is 32.6 Å². The molecule has 1 unspecified atom stereocenters. The number of nitrogens with zero attached hydrogens (tertiary/aromatic N) is 2. The molecular weight excluding hydrogens is 419 g/mol. The Morgan fingerprint density at radius 1 is 1.30 bits per heavy atom. The SMILES string of the molecule is CN=C(NCCCCSC)NCC(c1cccnc1)C(C)C.I. The first-order valence-corrected chi connectivity index (χ1v) is 9.41. The Bertz CT molecular complexity index is 426. The molecule has 1 heterocycles. The van der Waals surface area contributed by atoms with Gasteiger partial charge in [-0.05, 0) is 42.4 Å². The van der Waals surface area contributed by atoms with Gasteiger partial charge in [0.1, 0.15) is 0 Å². The summed E-state index contributed by atoms with van der Waals surface area (Å²) >= 11 is 1.90. The Morgan fingerprint density at radius 3 is 2.65 bits per heavy atom. The van der Waals surface area contributed by atoms with E-state index in [0.717, 1.165) is 19.0 Å². The number of halogens is 1. The average molecular weight is 450 g/mol. The van der Waals surface area contributed by atoms with E-state index in [1.807, 2.05) is 37.3 Å². The predicted octanol–water partition coefficient (Wildman–Crippen LogP) is 3.75. The largest absolute Gasteiger partial charge is 0.356 e. The number of nitrogens with one attached hydrogen (secondary N) is 2. The summed E-state index contributed by atoms with van der Waals surface area (Å²) < 4.78 is 0. The van der Waals surface area contributed by atoms with Gasteiger partial charge in [-0.25, -0.2) is 0 Å². The molecule has 0 saturated carbocycles. The predicted molar refractivity (Wildman–Crippen MR) is 114 cm³/mol. The summed E-state index contributed by atoms with van der Waals surface area (Å²) in [7, 11) is 1.83. The third-order valence-corrected chi connectivity index (χ3v) is 4.39. The van der Waals surface area contributed by atoms with E-state index in [4.69, 9.17) is 0 Å². The molecule has 0 bridgehead atoms. The Balaban J connectivity index is 0.00000484. The minimum atomic E-state index is 0. The Hall–Kier alpha value is -0.500. The van der Waals surface area contributed by atoms with Crippen LogP contribution in [0.5, 0.6) is 0 Å². The van der Waals surface area contributed by atoms with Gasteiger partial charge in [0, 0.05) is 38.4 Å². The number of rotatable bonds is 9. The zero-order valence-electron chi connectivity index (χ0n) is 14.7. The molecule has 0 amide bonds. The normalized spacial score (nSPS) is 12.7. The van der Waals surface area contributed by atoms with Crippen LogP contribution in [0.2, 0.25) is 0 Å². The van der Waals surface area contributed by atoms with Crippen LogP contribution in [0.3, 0.4) is 0 Å². The van der Waals surface area contributed by atoms with Crippen molar-refractivity contribution in [3.63, 3.8) is 0 Å². The highest BCUT2D eigenvalue weighted by atomic mass is 127. The lowest BCUT2D eigenvalue weighted by atomic mass is 9.89. The van der Waals surface area contributed by atoms with E-state index in [0.29, 0.717) is 11.8 Å². The molecule has 1 atom stereocenters. The molecule has 1 rings (SSSR count). The van der Waals surface area contributed by atoms with E-state index < -0.39 is 0 Å². The van der Waals surface area contributed by atoms with Gasteiger partial charge in [-0.3, -0.25) is 9.98 Å². The molecule has 6 heteroatoms. The van der Waals surface area contributed by atoms with E-state index in [1.165, 1.54) is 24.2 Å². The number of aromatic nitrogens is 1. The highest BCUT2D eigenvalue weighted by molar-refractivity contribution is 14.0. The number of hydrogen-bond acceptors (Lipinski definition) is 3. The summed E-state index contributed by atoms with van der Waals surface area (Å²) in [5, 5.41) is 6.83. The zero-order valence-corrected chi connectivity index (χ0v) is 17.9. The first-order valence-electron chi connectivity index (χ1n) is 8.02. The van der Waals surface area contributed by atoms with Crippen molar-refractivity contribution in [1.29, 1.82) is 0 Å². The highest BCUT2D eigenvalue weighted by Crippen LogP contribution is 2.22. The fraction of sp³-hybridized carbons (Fsp3) is 0.647. The quantitative estimate of drug-likeness (QED) is 0.261. The Labute approximate surface area is 162 Å². The number of aliphatic imine (C=N–C) groups is 1.